The molecule has 0 radical (unpaired) electrons. The van der Waals surface area contributed by atoms with Crippen LogP contribution in [0.3, 0.4) is 0 Å². The van der Waals surface area contributed by atoms with E-state index in [1.54, 1.807) is 47.4 Å². The Hall–Kier alpha value is -1.56. The van der Waals surface area contributed by atoms with Crippen molar-refractivity contribution in [3.8, 4) is 0 Å². The average molecular weight is 398 g/mol. The summed E-state index contributed by atoms with van der Waals surface area (Å²) in [7, 11) is -3.11. The van der Waals surface area contributed by atoms with Gasteiger partial charge in [0.15, 0.2) is 9.84 Å². The van der Waals surface area contributed by atoms with Gasteiger partial charge in [-0.2, -0.15) is 0 Å². The Balaban J connectivity index is 1.93. The van der Waals surface area contributed by atoms with E-state index in [1.165, 1.54) is 0 Å². The molecule has 25 heavy (non-hydrogen) atoms. The van der Waals surface area contributed by atoms with Crippen LogP contribution in [0.25, 0.3) is 0 Å². The smallest absolute Gasteiger partial charge is 0.254 e. The molecule has 0 saturated carbocycles. The van der Waals surface area contributed by atoms with Crippen LogP contribution in [0.1, 0.15) is 22.3 Å². The largest absolute Gasteiger partial charge is 0.330 e. The van der Waals surface area contributed by atoms with Crippen LogP contribution >= 0.6 is 23.2 Å². The average Bonchev–Trinajstić information content (AvgIpc) is 2.94. The molecule has 7 heteroatoms. The molecule has 1 aliphatic heterocycles. The molecule has 132 valence electrons. The Morgan fingerprint density at radius 3 is 2.44 bits per heavy atom. The van der Waals surface area contributed by atoms with E-state index in [0.29, 0.717) is 22.0 Å². The highest BCUT2D eigenvalue weighted by Crippen LogP contribution is 2.26. The van der Waals surface area contributed by atoms with E-state index in [2.05, 4.69) is 0 Å². The van der Waals surface area contributed by atoms with E-state index in [-0.39, 0.29) is 30.0 Å². The molecular formula is C18H17Cl2NO3S. The molecule has 1 saturated heterocycles. The van der Waals surface area contributed by atoms with Crippen molar-refractivity contribution in [3.63, 3.8) is 0 Å². The van der Waals surface area contributed by atoms with E-state index in [0.717, 1.165) is 5.56 Å². The Labute approximate surface area is 157 Å². The predicted molar refractivity (Wildman–Crippen MR) is 99.8 cm³/mol. The van der Waals surface area contributed by atoms with Gasteiger partial charge in [-0.15, -0.1) is 0 Å². The molecular weight excluding hydrogens is 381 g/mol. The first-order chi connectivity index (χ1) is 11.9. The van der Waals surface area contributed by atoms with Gasteiger partial charge in [-0.3, -0.25) is 4.79 Å². The molecule has 3 rings (SSSR count). The molecule has 0 aromatic heterocycles. The van der Waals surface area contributed by atoms with Crippen molar-refractivity contribution in [1.82, 2.24) is 4.90 Å². The number of sulfone groups is 1. The maximum absolute atomic E-state index is 13.0. The van der Waals surface area contributed by atoms with Crippen molar-refractivity contribution in [2.24, 2.45) is 0 Å². The summed E-state index contributed by atoms with van der Waals surface area (Å²) >= 11 is 12.2. The lowest BCUT2D eigenvalue weighted by atomic mass is 10.1. The van der Waals surface area contributed by atoms with Crippen LogP contribution in [-0.4, -0.2) is 36.8 Å². The molecule has 1 aliphatic rings. The lowest BCUT2D eigenvalue weighted by molar-refractivity contribution is 0.0681. The SMILES string of the molecule is O=C(c1ccccc1)N(Cc1ccc(Cl)cc1Cl)C1CCS(=O)(=O)C1. The van der Waals surface area contributed by atoms with Gasteiger partial charge >= 0.3 is 0 Å². The standard InChI is InChI=1S/C18H17Cl2NO3S/c19-15-7-6-14(17(20)10-15)11-21(16-8-9-25(23,24)12-16)18(22)13-4-2-1-3-5-13/h1-7,10,16H,8-9,11-12H2. The van der Waals surface area contributed by atoms with Gasteiger partial charge in [0.05, 0.1) is 11.5 Å². The molecule has 1 heterocycles. The number of benzene rings is 2. The molecule has 0 aliphatic carbocycles. The zero-order valence-electron chi connectivity index (χ0n) is 13.4. The first-order valence-electron chi connectivity index (χ1n) is 7.86. The number of hydrogen-bond donors (Lipinski definition) is 0. The Bertz CT molecular complexity index is 884. The van der Waals surface area contributed by atoms with Crippen molar-refractivity contribution in [2.75, 3.05) is 11.5 Å². The quantitative estimate of drug-likeness (QED) is 0.787. The molecule has 0 bridgehead atoms. The van der Waals surface area contributed by atoms with Gasteiger partial charge < -0.3 is 4.90 Å². The summed E-state index contributed by atoms with van der Waals surface area (Å²) in [6, 6.07) is 13.6. The molecule has 2 aromatic rings. The molecule has 1 amide bonds. The van der Waals surface area contributed by atoms with Gasteiger partial charge in [0.2, 0.25) is 0 Å². The number of nitrogens with zero attached hydrogens (tertiary/aromatic N) is 1. The van der Waals surface area contributed by atoms with Crippen LogP contribution in [-0.2, 0) is 16.4 Å². The maximum atomic E-state index is 13.0. The van der Waals surface area contributed by atoms with Gasteiger partial charge in [0, 0.05) is 28.2 Å². The fraction of sp³-hybridized carbons (Fsp3) is 0.278. The molecule has 0 N–H and O–H groups in total. The number of carbonyl (C=O) groups excluding carboxylic acids is 1. The van der Waals surface area contributed by atoms with Gasteiger partial charge in [0.25, 0.3) is 5.91 Å². The number of amides is 1. The minimum atomic E-state index is -3.11. The summed E-state index contributed by atoms with van der Waals surface area (Å²) in [5.74, 6) is -0.116. The second-order valence-electron chi connectivity index (χ2n) is 6.09. The van der Waals surface area contributed by atoms with E-state index in [4.69, 9.17) is 23.2 Å². The molecule has 0 spiro atoms. The van der Waals surface area contributed by atoms with Crippen molar-refractivity contribution in [1.29, 1.82) is 0 Å². The first-order valence-corrected chi connectivity index (χ1v) is 10.4. The van der Waals surface area contributed by atoms with Gasteiger partial charge in [0.1, 0.15) is 0 Å². The second-order valence-corrected chi connectivity index (χ2v) is 9.16. The highest BCUT2D eigenvalue weighted by Gasteiger charge is 2.35. The summed E-state index contributed by atoms with van der Waals surface area (Å²) in [5, 5.41) is 0.970. The van der Waals surface area contributed by atoms with Crippen LogP contribution in [0.15, 0.2) is 48.5 Å². The summed E-state index contributed by atoms with van der Waals surface area (Å²) < 4.78 is 23.8. The predicted octanol–water partition coefficient (Wildman–Crippen LogP) is 3.82. The van der Waals surface area contributed by atoms with Crippen molar-refractivity contribution < 1.29 is 13.2 Å². The molecule has 1 fully saturated rings. The monoisotopic (exact) mass is 397 g/mol. The minimum Gasteiger partial charge on any atom is -0.330 e. The Morgan fingerprint density at radius 2 is 1.84 bits per heavy atom. The van der Waals surface area contributed by atoms with Crippen LogP contribution in [0.5, 0.6) is 0 Å². The van der Waals surface area contributed by atoms with E-state index < -0.39 is 9.84 Å². The van der Waals surface area contributed by atoms with Crippen LogP contribution in [0, 0.1) is 0 Å². The maximum Gasteiger partial charge on any atom is 0.254 e. The van der Waals surface area contributed by atoms with Crippen LogP contribution < -0.4 is 0 Å². The van der Waals surface area contributed by atoms with Crippen LogP contribution in [0.4, 0.5) is 0 Å². The third kappa shape index (κ3) is 4.35. The second kappa shape index (κ2) is 7.36. The van der Waals surface area contributed by atoms with Crippen molar-refractivity contribution in [3.05, 3.63) is 69.7 Å². The highest BCUT2D eigenvalue weighted by atomic mass is 35.5. The van der Waals surface area contributed by atoms with Gasteiger partial charge in [-0.1, -0.05) is 47.5 Å². The highest BCUT2D eigenvalue weighted by molar-refractivity contribution is 7.91. The lowest BCUT2D eigenvalue weighted by Gasteiger charge is -2.29. The Kier molecular flexibility index (Phi) is 5.37. The zero-order valence-corrected chi connectivity index (χ0v) is 15.7. The summed E-state index contributed by atoms with van der Waals surface area (Å²) in [6.07, 6.45) is 0.437. The lowest BCUT2D eigenvalue weighted by Crippen LogP contribution is -2.40. The van der Waals surface area contributed by atoms with E-state index in [9.17, 15) is 13.2 Å². The molecule has 1 unspecified atom stereocenters. The fourth-order valence-corrected chi connectivity index (χ4v) is 5.17. The molecule has 4 nitrogen and oxygen atoms in total. The molecule has 1 atom stereocenters. The van der Waals surface area contributed by atoms with E-state index >= 15 is 0 Å². The van der Waals surface area contributed by atoms with E-state index in [1.807, 2.05) is 6.07 Å². The minimum absolute atomic E-state index is 0.0171. The number of hydrogen-bond acceptors (Lipinski definition) is 3. The summed E-state index contributed by atoms with van der Waals surface area (Å²) in [5.41, 5.74) is 1.26. The third-order valence-corrected chi connectivity index (χ3v) is 6.62. The topological polar surface area (TPSA) is 54.5 Å². The van der Waals surface area contributed by atoms with Gasteiger partial charge in [-0.25, -0.2) is 8.42 Å². The number of carbonyl (C=O) groups is 1. The van der Waals surface area contributed by atoms with Crippen molar-refractivity contribution in [2.45, 2.75) is 19.0 Å². The normalized spacial score (nSPS) is 18.9. The van der Waals surface area contributed by atoms with Crippen molar-refractivity contribution >= 4 is 38.9 Å². The number of rotatable bonds is 4. The first kappa shape index (κ1) is 18.2. The summed E-state index contributed by atoms with van der Waals surface area (Å²) in [6.45, 7) is 0.240. The van der Waals surface area contributed by atoms with Gasteiger partial charge in [-0.05, 0) is 36.2 Å². The fourth-order valence-electron chi connectivity index (χ4n) is 2.97. The summed E-state index contributed by atoms with van der Waals surface area (Å²) in [4.78, 5) is 14.6. The van der Waals surface area contributed by atoms with Crippen LogP contribution in [0.2, 0.25) is 10.0 Å². The third-order valence-electron chi connectivity index (χ3n) is 4.29. The number of halogens is 2. The molecule has 2 aromatic carbocycles. The zero-order chi connectivity index (χ0) is 18.0. The Morgan fingerprint density at radius 1 is 1.12 bits per heavy atom.